The molecule has 0 saturated carbocycles. The summed E-state index contributed by atoms with van der Waals surface area (Å²) in [7, 11) is 0. The number of aromatic nitrogens is 2. The Morgan fingerprint density at radius 1 is 1.32 bits per heavy atom. The zero-order valence-corrected chi connectivity index (χ0v) is 15.6. The second kappa shape index (κ2) is 6.57. The number of fused-ring (bicyclic) bond motifs is 1. The Hall–Kier alpha value is -2.25. The lowest BCUT2D eigenvalue weighted by atomic mass is 10.2. The molecule has 0 fully saturated rings. The normalized spacial score (nSPS) is 10.9. The molecular formula is C17H12BrClFN3O2. The van der Waals surface area contributed by atoms with Crippen molar-refractivity contribution in [3.8, 4) is 5.69 Å². The molecule has 0 saturated heterocycles. The first-order valence-corrected chi connectivity index (χ1v) is 8.41. The lowest BCUT2D eigenvalue weighted by Crippen LogP contribution is -2.14. The highest BCUT2D eigenvalue weighted by molar-refractivity contribution is 9.10. The molecule has 0 aliphatic heterocycles. The van der Waals surface area contributed by atoms with E-state index in [1.165, 1.54) is 35.8 Å². The zero-order chi connectivity index (χ0) is 18.3. The predicted octanol–water partition coefficient (Wildman–Crippen LogP) is 4.21. The minimum atomic E-state index is -0.546. The molecule has 2 heterocycles. The van der Waals surface area contributed by atoms with E-state index in [0.717, 1.165) is 0 Å². The minimum absolute atomic E-state index is 0.143. The number of halogens is 3. The molecule has 0 atom stereocenters. The van der Waals surface area contributed by atoms with Crippen molar-refractivity contribution in [2.24, 2.45) is 0 Å². The van der Waals surface area contributed by atoms with Gasteiger partial charge in [0.2, 0.25) is 5.91 Å². The first-order chi connectivity index (χ1) is 11.8. The van der Waals surface area contributed by atoms with Crippen molar-refractivity contribution in [1.29, 1.82) is 0 Å². The van der Waals surface area contributed by atoms with E-state index in [4.69, 9.17) is 11.6 Å². The molecule has 3 aromatic rings. The highest BCUT2D eigenvalue weighted by Gasteiger charge is 2.16. The van der Waals surface area contributed by atoms with Gasteiger partial charge in [-0.1, -0.05) is 11.6 Å². The third-order valence-electron chi connectivity index (χ3n) is 3.60. The number of benzene rings is 1. The Morgan fingerprint density at radius 2 is 2.04 bits per heavy atom. The van der Waals surface area contributed by atoms with Crippen molar-refractivity contribution >= 4 is 50.2 Å². The first kappa shape index (κ1) is 17.6. The quantitative estimate of drug-likeness (QED) is 0.627. The van der Waals surface area contributed by atoms with Crippen molar-refractivity contribution < 1.29 is 9.18 Å². The van der Waals surface area contributed by atoms with Gasteiger partial charge < -0.3 is 5.32 Å². The summed E-state index contributed by atoms with van der Waals surface area (Å²) in [6.07, 6.45) is 0. The molecule has 1 aromatic carbocycles. The van der Waals surface area contributed by atoms with E-state index in [-0.39, 0.29) is 27.8 Å². The number of pyridine rings is 2. The molecule has 5 nitrogen and oxygen atoms in total. The van der Waals surface area contributed by atoms with Crippen LogP contribution in [0.4, 0.5) is 10.1 Å². The van der Waals surface area contributed by atoms with Gasteiger partial charge in [0.25, 0.3) is 0 Å². The monoisotopic (exact) mass is 423 g/mol. The molecule has 8 heteroatoms. The number of aryl methyl sites for hydroxylation is 1. The largest absolute Gasteiger partial charge is 0.325 e. The number of anilines is 1. The molecule has 128 valence electrons. The molecule has 0 bridgehead atoms. The Labute approximate surface area is 155 Å². The lowest BCUT2D eigenvalue weighted by molar-refractivity contribution is -0.114. The molecule has 0 spiro atoms. The van der Waals surface area contributed by atoms with Gasteiger partial charge in [-0.05, 0) is 47.1 Å². The fourth-order valence-corrected chi connectivity index (χ4v) is 3.14. The molecule has 1 N–H and O–H groups in total. The molecule has 2 aromatic heterocycles. The molecule has 0 aliphatic rings. The summed E-state index contributed by atoms with van der Waals surface area (Å²) in [6, 6.07) is 7.17. The van der Waals surface area contributed by atoms with Crippen molar-refractivity contribution in [2.75, 3.05) is 5.32 Å². The smallest absolute Gasteiger partial charge is 0.221 e. The molecule has 25 heavy (non-hydrogen) atoms. The summed E-state index contributed by atoms with van der Waals surface area (Å²) in [4.78, 5) is 27.7. The van der Waals surface area contributed by atoms with Crippen LogP contribution < -0.4 is 10.7 Å². The lowest BCUT2D eigenvalue weighted by Gasteiger charge is -2.17. The van der Waals surface area contributed by atoms with Gasteiger partial charge >= 0.3 is 0 Å². The Balaban J connectivity index is 2.39. The predicted molar refractivity (Wildman–Crippen MR) is 99.0 cm³/mol. The third kappa shape index (κ3) is 3.29. The van der Waals surface area contributed by atoms with Gasteiger partial charge in [0.15, 0.2) is 5.43 Å². The molecular weight excluding hydrogens is 413 g/mol. The highest BCUT2D eigenvalue weighted by atomic mass is 79.9. The average Bonchev–Trinajstić information content (AvgIpc) is 2.50. The van der Waals surface area contributed by atoms with E-state index in [1.807, 2.05) is 0 Å². The summed E-state index contributed by atoms with van der Waals surface area (Å²) < 4.78 is 16.6. The van der Waals surface area contributed by atoms with Crippen molar-refractivity contribution in [2.45, 2.75) is 13.8 Å². The second-order valence-corrected chi connectivity index (χ2v) is 6.70. The second-order valence-electron chi connectivity index (χ2n) is 5.46. The number of amides is 1. The van der Waals surface area contributed by atoms with Gasteiger partial charge in [0.1, 0.15) is 16.6 Å². The Morgan fingerprint density at radius 3 is 2.72 bits per heavy atom. The maximum absolute atomic E-state index is 14.7. The van der Waals surface area contributed by atoms with Crippen molar-refractivity contribution in [3.05, 3.63) is 61.7 Å². The van der Waals surface area contributed by atoms with Gasteiger partial charge in [-0.15, -0.1) is 0 Å². The molecule has 3 rings (SSSR count). The van der Waals surface area contributed by atoms with E-state index in [9.17, 15) is 14.0 Å². The Kier molecular flexibility index (Phi) is 4.62. The van der Waals surface area contributed by atoms with Gasteiger partial charge in [-0.25, -0.2) is 9.37 Å². The van der Waals surface area contributed by atoms with E-state index in [2.05, 4.69) is 26.2 Å². The summed E-state index contributed by atoms with van der Waals surface area (Å²) >= 11 is 9.19. The van der Waals surface area contributed by atoms with Crippen LogP contribution in [0.15, 0.2) is 39.6 Å². The van der Waals surface area contributed by atoms with Crippen LogP contribution in [0.25, 0.3) is 16.7 Å². The van der Waals surface area contributed by atoms with Crippen molar-refractivity contribution in [1.82, 2.24) is 9.55 Å². The van der Waals surface area contributed by atoms with Crippen LogP contribution >= 0.6 is 27.5 Å². The maximum atomic E-state index is 14.7. The minimum Gasteiger partial charge on any atom is -0.325 e. The number of nitrogens with zero attached hydrogens (tertiary/aromatic N) is 2. The van der Waals surface area contributed by atoms with Gasteiger partial charge in [0, 0.05) is 23.2 Å². The van der Waals surface area contributed by atoms with E-state index < -0.39 is 5.82 Å². The number of rotatable bonds is 2. The van der Waals surface area contributed by atoms with E-state index >= 15 is 0 Å². The summed E-state index contributed by atoms with van der Waals surface area (Å²) in [5.74, 6) is -0.836. The number of hydrogen-bond acceptors (Lipinski definition) is 3. The zero-order valence-electron chi connectivity index (χ0n) is 13.2. The summed E-state index contributed by atoms with van der Waals surface area (Å²) in [6.45, 7) is 3.03. The third-order valence-corrected chi connectivity index (χ3v) is 4.47. The standard InChI is InChI=1S/C17H12BrClFN3O2/c1-8-5-15(25)10-3-4-16(19)22-17(10)23(8)14-7-13(21-9(2)24)11(18)6-12(14)20/h3-7H,1-2H3,(H,21,24). The molecule has 0 unspecified atom stereocenters. The average molecular weight is 425 g/mol. The number of nitrogens with one attached hydrogen (secondary N) is 1. The first-order valence-electron chi connectivity index (χ1n) is 7.24. The molecule has 0 aliphatic carbocycles. The van der Waals surface area contributed by atoms with E-state index in [0.29, 0.717) is 21.2 Å². The van der Waals surface area contributed by atoms with E-state index in [1.54, 1.807) is 13.0 Å². The van der Waals surface area contributed by atoms with Crippen LogP contribution in [0.5, 0.6) is 0 Å². The fourth-order valence-electron chi connectivity index (χ4n) is 2.59. The van der Waals surface area contributed by atoms with Crippen LogP contribution in [0, 0.1) is 12.7 Å². The van der Waals surface area contributed by atoms with Crippen LogP contribution in [0.1, 0.15) is 12.6 Å². The summed E-state index contributed by atoms with van der Waals surface area (Å²) in [5.41, 5.74) is 1.05. The van der Waals surface area contributed by atoms with Crippen LogP contribution in [-0.4, -0.2) is 15.5 Å². The Bertz CT molecular complexity index is 1080. The van der Waals surface area contributed by atoms with Gasteiger partial charge in [0.05, 0.1) is 16.8 Å². The maximum Gasteiger partial charge on any atom is 0.221 e. The number of hydrogen-bond donors (Lipinski definition) is 1. The van der Waals surface area contributed by atoms with Gasteiger partial charge in [-0.3, -0.25) is 14.2 Å². The molecule has 1 amide bonds. The van der Waals surface area contributed by atoms with Crippen molar-refractivity contribution in [3.63, 3.8) is 0 Å². The van der Waals surface area contributed by atoms with Gasteiger partial charge in [-0.2, -0.15) is 0 Å². The molecule has 0 radical (unpaired) electrons. The topological polar surface area (TPSA) is 64.0 Å². The highest BCUT2D eigenvalue weighted by Crippen LogP contribution is 2.30. The van der Waals surface area contributed by atoms with Crippen LogP contribution in [0.2, 0.25) is 5.15 Å². The number of carbonyl (C=O) groups is 1. The van der Waals surface area contributed by atoms with Crippen LogP contribution in [0.3, 0.4) is 0 Å². The SMILES string of the molecule is CC(=O)Nc1cc(-n2c(C)cc(=O)c3ccc(Cl)nc32)c(F)cc1Br. The van der Waals surface area contributed by atoms with Crippen LogP contribution in [-0.2, 0) is 4.79 Å². The fraction of sp³-hybridized carbons (Fsp3) is 0.118. The summed E-state index contributed by atoms with van der Waals surface area (Å²) in [5, 5.41) is 3.13. The number of carbonyl (C=O) groups excluding carboxylic acids is 1.